The summed E-state index contributed by atoms with van der Waals surface area (Å²) in [5.41, 5.74) is 2.21. The van der Waals surface area contributed by atoms with Crippen LogP contribution in [0.4, 0.5) is 5.69 Å². The van der Waals surface area contributed by atoms with Crippen LogP contribution in [-0.2, 0) is 16.1 Å². The topological polar surface area (TPSA) is 73.9 Å². The summed E-state index contributed by atoms with van der Waals surface area (Å²) in [6, 6.07) is 17.7. The van der Waals surface area contributed by atoms with E-state index in [-0.39, 0.29) is 12.2 Å². The van der Waals surface area contributed by atoms with Crippen LogP contribution in [0.5, 0.6) is 11.5 Å². The number of benzene rings is 3. The number of rotatable bonds is 9. The number of amides is 1. The summed E-state index contributed by atoms with van der Waals surface area (Å²) in [6.07, 6.45) is 3.01. The first-order chi connectivity index (χ1) is 16.4. The van der Waals surface area contributed by atoms with Gasteiger partial charge in [0.15, 0.2) is 11.5 Å². The highest BCUT2D eigenvalue weighted by atomic mass is 79.9. The molecule has 0 saturated carbocycles. The molecule has 0 spiro atoms. The van der Waals surface area contributed by atoms with Crippen LogP contribution in [0.15, 0.2) is 71.2 Å². The van der Waals surface area contributed by atoms with Crippen LogP contribution >= 0.6 is 27.5 Å². The Labute approximate surface area is 211 Å². The third kappa shape index (κ3) is 6.62. The third-order valence-corrected chi connectivity index (χ3v) is 5.64. The number of carbonyl (C=O) groups is 2. The number of hydrogen-bond acceptors (Lipinski definition) is 5. The van der Waals surface area contributed by atoms with Gasteiger partial charge in [0.25, 0.3) is 0 Å². The lowest BCUT2D eigenvalue weighted by atomic mass is 10.1. The normalized spacial score (nSPS) is 10.7. The summed E-state index contributed by atoms with van der Waals surface area (Å²) in [6.45, 7) is 2.59. The van der Waals surface area contributed by atoms with Gasteiger partial charge in [0.05, 0.1) is 29.4 Å². The number of carbonyl (C=O) groups excluding carboxylic acids is 2. The Morgan fingerprint density at radius 1 is 1.06 bits per heavy atom. The zero-order chi connectivity index (χ0) is 24.5. The van der Waals surface area contributed by atoms with Crippen LogP contribution in [0.2, 0.25) is 5.02 Å². The van der Waals surface area contributed by atoms with Gasteiger partial charge in [-0.15, -0.1) is 0 Å². The average molecular weight is 545 g/mol. The van der Waals surface area contributed by atoms with Gasteiger partial charge in [0.2, 0.25) is 5.91 Å². The smallest absolute Gasteiger partial charge is 0.339 e. The molecule has 0 aromatic heterocycles. The zero-order valence-electron chi connectivity index (χ0n) is 18.6. The first-order valence-corrected chi connectivity index (χ1v) is 11.6. The Morgan fingerprint density at radius 3 is 2.53 bits per heavy atom. The van der Waals surface area contributed by atoms with E-state index in [2.05, 4.69) is 21.2 Å². The van der Waals surface area contributed by atoms with Crippen molar-refractivity contribution in [2.45, 2.75) is 13.5 Å². The maximum atomic E-state index is 12.5. The van der Waals surface area contributed by atoms with Gasteiger partial charge in [-0.2, -0.15) is 0 Å². The molecule has 0 saturated heterocycles. The number of halogens is 2. The molecule has 0 aliphatic heterocycles. The fourth-order valence-electron chi connectivity index (χ4n) is 3.08. The van der Waals surface area contributed by atoms with E-state index < -0.39 is 11.9 Å². The van der Waals surface area contributed by atoms with Crippen molar-refractivity contribution in [1.82, 2.24) is 0 Å². The minimum atomic E-state index is -0.530. The summed E-state index contributed by atoms with van der Waals surface area (Å²) in [5.74, 6) is 0.137. The Morgan fingerprint density at radius 2 is 1.79 bits per heavy atom. The molecule has 8 heteroatoms. The Hall–Kier alpha value is -3.29. The van der Waals surface area contributed by atoms with Crippen molar-refractivity contribution in [3.05, 3.63) is 92.9 Å². The Bertz CT molecular complexity index is 1210. The van der Waals surface area contributed by atoms with E-state index in [4.69, 9.17) is 25.8 Å². The minimum absolute atomic E-state index is 0.271. The van der Waals surface area contributed by atoms with E-state index in [1.807, 2.05) is 31.2 Å². The van der Waals surface area contributed by atoms with Gasteiger partial charge in [-0.3, -0.25) is 4.79 Å². The maximum Gasteiger partial charge on any atom is 0.339 e. The molecule has 6 nitrogen and oxygen atoms in total. The molecule has 34 heavy (non-hydrogen) atoms. The van der Waals surface area contributed by atoms with Crippen molar-refractivity contribution in [2.75, 3.05) is 19.0 Å². The quantitative estimate of drug-likeness (QED) is 0.245. The number of hydrogen-bond donors (Lipinski definition) is 1. The van der Waals surface area contributed by atoms with Gasteiger partial charge >= 0.3 is 5.97 Å². The number of nitrogens with one attached hydrogen (secondary N) is 1. The predicted molar refractivity (Wildman–Crippen MR) is 137 cm³/mol. The number of para-hydroxylation sites is 1. The summed E-state index contributed by atoms with van der Waals surface area (Å²) in [4.78, 5) is 24.4. The molecule has 0 atom stereocenters. The van der Waals surface area contributed by atoms with Crippen molar-refractivity contribution in [3.63, 3.8) is 0 Å². The van der Waals surface area contributed by atoms with Crippen molar-refractivity contribution in [1.29, 1.82) is 0 Å². The molecule has 176 valence electrons. The SMILES string of the molecule is CCOc1cc(/C=C/C(=O)Nc2ccccc2C(=O)OC)cc(Br)c1OCc1ccccc1Cl. The molecule has 1 N–H and O–H groups in total. The van der Waals surface area contributed by atoms with Gasteiger partial charge in [-0.1, -0.05) is 41.9 Å². The molecule has 3 rings (SSSR count). The lowest BCUT2D eigenvalue weighted by Crippen LogP contribution is -2.12. The predicted octanol–water partition coefficient (Wildman–Crippen LogP) is 6.52. The first kappa shape index (κ1) is 25.3. The Kier molecular flexibility index (Phi) is 9.13. The number of esters is 1. The van der Waals surface area contributed by atoms with Crippen LogP contribution in [0.25, 0.3) is 6.08 Å². The highest BCUT2D eigenvalue weighted by Gasteiger charge is 2.14. The van der Waals surface area contributed by atoms with E-state index in [1.165, 1.54) is 13.2 Å². The molecular formula is C26H23BrClNO5. The molecule has 0 bridgehead atoms. The van der Waals surface area contributed by atoms with Gasteiger partial charge in [0.1, 0.15) is 6.61 Å². The fourth-order valence-corrected chi connectivity index (χ4v) is 3.84. The van der Waals surface area contributed by atoms with Crippen LogP contribution in [0, 0.1) is 0 Å². The van der Waals surface area contributed by atoms with E-state index in [0.717, 1.165) is 11.1 Å². The maximum absolute atomic E-state index is 12.5. The number of methoxy groups -OCH3 is 1. The molecule has 0 radical (unpaired) electrons. The van der Waals surface area contributed by atoms with Crippen LogP contribution in [-0.4, -0.2) is 25.6 Å². The molecule has 0 heterocycles. The number of ether oxygens (including phenoxy) is 3. The van der Waals surface area contributed by atoms with Crippen molar-refractivity contribution < 1.29 is 23.8 Å². The zero-order valence-corrected chi connectivity index (χ0v) is 21.0. The second-order valence-corrected chi connectivity index (χ2v) is 8.26. The summed E-state index contributed by atoms with van der Waals surface area (Å²) >= 11 is 9.76. The van der Waals surface area contributed by atoms with Crippen LogP contribution in [0.3, 0.4) is 0 Å². The largest absolute Gasteiger partial charge is 0.490 e. The molecule has 1 amide bonds. The molecule has 0 fully saturated rings. The monoisotopic (exact) mass is 543 g/mol. The van der Waals surface area contributed by atoms with E-state index in [0.29, 0.717) is 33.3 Å². The minimum Gasteiger partial charge on any atom is -0.490 e. The fraction of sp³-hybridized carbons (Fsp3) is 0.154. The standard InChI is InChI=1S/C26H23BrClNO5/c1-3-33-23-15-17(14-20(27)25(23)34-16-18-8-4-6-10-21(18)28)12-13-24(30)29-22-11-7-5-9-19(22)26(31)32-2/h4-15H,3,16H2,1-2H3,(H,29,30)/b13-12+. The molecule has 3 aromatic rings. The third-order valence-electron chi connectivity index (χ3n) is 4.68. The van der Waals surface area contributed by atoms with Crippen molar-refractivity contribution in [2.24, 2.45) is 0 Å². The van der Waals surface area contributed by atoms with E-state index >= 15 is 0 Å². The molecule has 3 aromatic carbocycles. The highest BCUT2D eigenvalue weighted by molar-refractivity contribution is 9.10. The van der Waals surface area contributed by atoms with Gasteiger partial charge in [-0.05, 0) is 64.8 Å². The van der Waals surface area contributed by atoms with Crippen molar-refractivity contribution in [3.8, 4) is 11.5 Å². The molecule has 0 unspecified atom stereocenters. The second-order valence-electron chi connectivity index (χ2n) is 7.00. The first-order valence-electron chi connectivity index (χ1n) is 10.4. The molecule has 0 aliphatic carbocycles. The van der Waals surface area contributed by atoms with Gasteiger partial charge < -0.3 is 19.5 Å². The molecular weight excluding hydrogens is 522 g/mol. The summed E-state index contributed by atoms with van der Waals surface area (Å²) in [5, 5.41) is 3.32. The van der Waals surface area contributed by atoms with Crippen LogP contribution < -0.4 is 14.8 Å². The lowest BCUT2D eigenvalue weighted by molar-refractivity contribution is -0.111. The second kappa shape index (κ2) is 12.3. The lowest BCUT2D eigenvalue weighted by Gasteiger charge is -2.15. The van der Waals surface area contributed by atoms with E-state index in [1.54, 1.807) is 42.5 Å². The summed E-state index contributed by atoms with van der Waals surface area (Å²) < 4.78 is 17.2. The average Bonchev–Trinajstić information content (AvgIpc) is 2.83. The van der Waals surface area contributed by atoms with Gasteiger partial charge in [-0.25, -0.2) is 4.79 Å². The van der Waals surface area contributed by atoms with E-state index in [9.17, 15) is 9.59 Å². The summed E-state index contributed by atoms with van der Waals surface area (Å²) in [7, 11) is 1.29. The Balaban J connectivity index is 1.76. The highest BCUT2D eigenvalue weighted by Crippen LogP contribution is 2.38. The molecule has 0 aliphatic rings. The van der Waals surface area contributed by atoms with Crippen molar-refractivity contribution >= 4 is 51.2 Å². The number of anilines is 1. The van der Waals surface area contributed by atoms with Crippen LogP contribution in [0.1, 0.15) is 28.4 Å². The van der Waals surface area contributed by atoms with Gasteiger partial charge in [0, 0.05) is 16.7 Å².